The predicted molar refractivity (Wildman–Crippen MR) is 94.3 cm³/mol. The molecule has 1 saturated carbocycles. The lowest BCUT2D eigenvalue weighted by Gasteiger charge is -2.38. The predicted octanol–water partition coefficient (Wildman–Crippen LogP) is 2.87. The normalized spacial score (nSPS) is 17.5. The number of sulfonamides is 1. The number of nitrogens with zero attached hydrogens (tertiary/aromatic N) is 2. The van der Waals surface area contributed by atoms with Gasteiger partial charge in [-0.3, -0.25) is 4.31 Å². The molecule has 2 aromatic carbocycles. The van der Waals surface area contributed by atoms with Crippen LogP contribution >= 0.6 is 0 Å². The molecule has 1 aliphatic carbocycles. The van der Waals surface area contributed by atoms with Gasteiger partial charge in [0, 0.05) is 12.6 Å². The first kappa shape index (κ1) is 15.3. The quantitative estimate of drug-likeness (QED) is 0.856. The molecule has 1 aliphatic heterocycles. The SMILES string of the molecule is COc1ccc(S(=O)(=O)N2CCN(C3CC3)c3ccccc32)cc1. The fourth-order valence-electron chi connectivity index (χ4n) is 3.25. The largest absolute Gasteiger partial charge is 0.497 e. The molecule has 1 heterocycles. The van der Waals surface area contributed by atoms with Crippen molar-refractivity contribution in [3.05, 3.63) is 48.5 Å². The van der Waals surface area contributed by atoms with E-state index in [2.05, 4.69) is 4.90 Å². The zero-order valence-corrected chi connectivity index (χ0v) is 14.4. The maximum Gasteiger partial charge on any atom is 0.264 e. The molecule has 0 atom stereocenters. The van der Waals surface area contributed by atoms with Crippen molar-refractivity contribution in [1.82, 2.24) is 0 Å². The smallest absolute Gasteiger partial charge is 0.264 e. The van der Waals surface area contributed by atoms with Gasteiger partial charge in [-0.15, -0.1) is 0 Å². The summed E-state index contributed by atoms with van der Waals surface area (Å²) in [7, 11) is -2.01. The Kier molecular flexibility index (Phi) is 3.64. The van der Waals surface area contributed by atoms with Gasteiger partial charge in [0.15, 0.2) is 0 Å². The maximum atomic E-state index is 13.1. The highest BCUT2D eigenvalue weighted by Gasteiger charge is 2.37. The van der Waals surface area contributed by atoms with Gasteiger partial charge in [-0.1, -0.05) is 12.1 Å². The molecule has 2 aromatic rings. The molecule has 4 rings (SSSR count). The van der Waals surface area contributed by atoms with E-state index in [0.717, 1.165) is 17.9 Å². The second-order valence-corrected chi connectivity index (χ2v) is 8.03. The molecular formula is C18H20N2O3S. The Morgan fingerprint density at radius 2 is 1.62 bits per heavy atom. The van der Waals surface area contributed by atoms with Gasteiger partial charge < -0.3 is 9.64 Å². The van der Waals surface area contributed by atoms with Crippen molar-refractivity contribution < 1.29 is 13.2 Å². The van der Waals surface area contributed by atoms with Gasteiger partial charge >= 0.3 is 0 Å². The topological polar surface area (TPSA) is 49.9 Å². The van der Waals surface area contributed by atoms with Gasteiger partial charge in [0.2, 0.25) is 0 Å². The van der Waals surface area contributed by atoms with Gasteiger partial charge in [-0.25, -0.2) is 8.42 Å². The molecule has 5 nitrogen and oxygen atoms in total. The zero-order valence-electron chi connectivity index (χ0n) is 13.6. The lowest BCUT2D eigenvalue weighted by atomic mass is 10.2. The Morgan fingerprint density at radius 3 is 2.25 bits per heavy atom. The first-order chi connectivity index (χ1) is 11.6. The van der Waals surface area contributed by atoms with E-state index in [9.17, 15) is 8.42 Å². The summed E-state index contributed by atoms with van der Waals surface area (Å²) >= 11 is 0. The molecule has 6 heteroatoms. The highest BCUT2D eigenvalue weighted by Crippen LogP contribution is 2.41. The number of fused-ring (bicyclic) bond motifs is 1. The molecule has 0 unspecified atom stereocenters. The number of methoxy groups -OCH3 is 1. The average Bonchev–Trinajstić information content (AvgIpc) is 3.45. The Bertz CT molecular complexity index is 845. The van der Waals surface area contributed by atoms with Crippen LogP contribution in [0.1, 0.15) is 12.8 Å². The minimum Gasteiger partial charge on any atom is -0.497 e. The molecule has 126 valence electrons. The molecular weight excluding hydrogens is 324 g/mol. The molecule has 0 bridgehead atoms. The van der Waals surface area contributed by atoms with Crippen molar-refractivity contribution in [2.75, 3.05) is 29.4 Å². The second-order valence-electron chi connectivity index (χ2n) is 6.17. The van der Waals surface area contributed by atoms with Gasteiger partial charge in [0.05, 0.1) is 29.9 Å². The molecule has 0 amide bonds. The molecule has 0 spiro atoms. The van der Waals surface area contributed by atoms with E-state index in [-0.39, 0.29) is 4.90 Å². The monoisotopic (exact) mass is 344 g/mol. The van der Waals surface area contributed by atoms with Gasteiger partial charge in [0.25, 0.3) is 10.0 Å². The van der Waals surface area contributed by atoms with Crippen LogP contribution in [0.2, 0.25) is 0 Å². The number of hydrogen-bond donors (Lipinski definition) is 0. The third-order valence-corrected chi connectivity index (χ3v) is 6.47. The first-order valence-electron chi connectivity index (χ1n) is 8.14. The van der Waals surface area contributed by atoms with Crippen molar-refractivity contribution in [2.45, 2.75) is 23.8 Å². The number of ether oxygens (including phenoxy) is 1. The van der Waals surface area contributed by atoms with Crippen molar-refractivity contribution in [3.8, 4) is 5.75 Å². The highest BCUT2D eigenvalue weighted by molar-refractivity contribution is 7.92. The molecule has 1 fully saturated rings. The third kappa shape index (κ3) is 2.51. The number of benzene rings is 2. The van der Waals surface area contributed by atoms with Crippen molar-refractivity contribution in [1.29, 1.82) is 0 Å². The number of hydrogen-bond acceptors (Lipinski definition) is 4. The van der Waals surface area contributed by atoms with E-state index in [1.54, 1.807) is 31.4 Å². The fourth-order valence-corrected chi connectivity index (χ4v) is 4.72. The lowest BCUT2D eigenvalue weighted by Crippen LogP contribution is -2.44. The molecule has 0 aromatic heterocycles. The van der Waals surface area contributed by atoms with Crippen LogP contribution in [0, 0.1) is 0 Å². The van der Waals surface area contributed by atoms with E-state index in [0.29, 0.717) is 18.3 Å². The van der Waals surface area contributed by atoms with E-state index in [4.69, 9.17) is 4.74 Å². The number of anilines is 2. The van der Waals surface area contributed by atoms with Gasteiger partial charge in [0.1, 0.15) is 5.75 Å². The minimum absolute atomic E-state index is 0.290. The fraction of sp³-hybridized carbons (Fsp3) is 0.333. The number of para-hydroxylation sites is 2. The summed E-state index contributed by atoms with van der Waals surface area (Å²) in [5.41, 5.74) is 1.79. The van der Waals surface area contributed by atoms with Crippen molar-refractivity contribution >= 4 is 21.4 Å². The molecule has 2 aliphatic rings. The summed E-state index contributed by atoms with van der Waals surface area (Å²) in [6.45, 7) is 1.21. The Morgan fingerprint density at radius 1 is 0.958 bits per heavy atom. The summed E-state index contributed by atoms with van der Waals surface area (Å²) in [4.78, 5) is 2.63. The van der Waals surface area contributed by atoms with Crippen molar-refractivity contribution in [2.24, 2.45) is 0 Å². The van der Waals surface area contributed by atoms with E-state index in [1.165, 1.54) is 17.1 Å². The van der Waals surface area contributed by atoms with Crippen LogP contribution in [0.25, 0.3) is 0 Å². The maximum absolute atomic E-state index is 13.1. The Balaban J connectivity index is 1.73. The van der Waals surface area contributed by atoms with E-state index in [1.807, 2.05) is 24.3 Å². The summed E-state index contributed by atoms with van der Waals surface area (Å²) in [6, 6.07) is 14.9. The van der Waals surface area contributed by atoms with E-state index >= 15 is 0 Å². The minimum atomic E-state index is -3.58. The highest BCUT2D eigenvalue weighted by atomic mass is 32.2. The van der Waals surface area contributed by atoms with Gasteiger partial charge in [-0.2, -0.15) is 0 Å². The van der Waals surface area contributed by atoms with Crippen LogP contribution < -0.4 is 13.9 Å². The molecule has 24 heavy (non-hydrogen) atoms. The summed E-state index contributed by atoms with van der Waals surface area (Å²) in [6.07, 6.45) is 2.39. The Hall–Kier alpha value is -2.21. The van der Waals surface area contributed by atoms with Gasteiger partial charge in [-0.05, 0) is 49.2 Å². The average molecular weight is 344 g/mol. The lowest BCUT2D eigenvalue weighted by molar-refractivity contribution is 0.414. The summed E-state index contributed by atoms with van der Waals surface area (Å²) in [5, 5.41) is 0. The molecule has 0 saturated heterocycles. The molecule has 0 radical (unpaired) electrons. The van der Waals surface area contributed by atoms with Crippen LogP contribution in [0.3, 0.4) is 0 Å². The van der Waals surface area contributed by atoms with Crippen LogP contribution in [-0.2, 0) is 10.0 Å². The summed E-state index contributed by atoms with van der Waals surface area (Å²) < 4.78 is 32.9. The van der Waals surface area contributed by atoms with Crippen LogP contribution in [-0.4, -0.2) is 34.7 Å². The summed E-state index contributed by atoms with van der Waals surface area (Å²) in [5.74, 6) is 0.646. The van der Waals surface area contributed by atoms with Crippen molar-refractivity contribution in [3.63, 3.8) is 0 Å². The second kappa shape index (κ2) is 5.70. The Labute approximate surface area is 142 Å². The molecule has 0 N–H and O–H groups in total. The third-order valence-electron chi connectivity index (χ3n) is 4.64. The first-order valence-corrected chi connectivity index (χ1v) is 9.58. The van der Waals surface area contributed by atoms with E-state index < -0.39 is 10.0 Å². The van der Waals surface area contributed by atoms with Crippen LogP contribution in [0.4, 0.5) is 11.4 Å². The van der Waals surface area contributed by atoms with Crippen LogP contribution in [0.5, 0.6) is 5.75 Å². The van der Waals surface area contributed by atoms with Crippen LogP contribution in [0.15, 0.2) is 53.4 Å². The zero-order chi connectivity index (χ0) is 16.7. The number of rotatable bonds is 4. The standard InChI is InChI=1S/C18H20N2O3S/c1-23-15-8-10-16(11-9-15)24(21,22)20-13-12-19(14-6-7-14)17-4-2-3-5-18(17)20/h2-5,8-11,14H,6-7,12-13H2,1H3.